The van der Waals surface area contributed by atoms with E-state index in [0.29, 0.717) is 9.49 Å². The molecule has 0 radical (unpaired) electrons. The number of hydrogen-bond donors (Lipinski definition) is 0. The first-order valence-corrected chi connectivity index (χ1v) is 9.54. The number of ether oxygens (including phenoxy) is 1. The highest BCUT2D eigenvalue weighted by molar-refractivity contribution is 7.15. The van der Waals surface area contributed by atoms with E-state index in [9.17, 15) is 9.59 Å². The molecule has 3 heterocycles. The van der Waals surface area contributed by atoms with Crippen molar-refractivity contribution in [2.24, 2.45) is 0 Å². The second-order valence-electron chi connectivity index (χ2n) is 6.44. The van der Waals surface area contributed by atoms with Gasteiger partial charge in [-0.15, -0.1) is 0 Å². The standard InChI is InChI=1S/C21H15N3O3S/c1-27-19(25)12-23-11-13(14-6-2-4-8-16(14)23)10-18-20(26)24-17-9-5-3-7-15(17)22-21(24)28-18/h2-11H,12H2,1H3. The first-order chi connectivity index (χ1) is 13.7. The fourth-order valence-corrected chi connectivity index (χ4v) is 4.46. The van der Waals surface area contributed by atoms with E-state index in [0.717, 1.165) is 27.5 Å². The van der Waals surface area contributed by atoms with Crippen molar-refractivity contribution in [3.63, 3.8) is 0 Å². The van der Waals surface area contributed by atoms with E-state index in [1.807, 2.05) is 65.4 Å². The largest absolute Gasteiger partial charge is 0.468 e. The zero-order valence-electron chi connectivity index (χ0n) is 15.0. The van der Waals surface area contributed by atoms with E-state index in [2.05, 4.69) is 4.98 Å². The number of fused-ring (bicyclic) bond motifs is 4. The monoisotopic (exact) mass is 389 g/mol. The summed E-state index contributed by atoms with van der Waals surface area (Å²) in [6.07, 6.45) is 3.74. The van der Waals surface area contributed by atoms with Gasteiger partial charge in [0.2, 0.25) is 0 Å². The zero-order valence-corrected chi connectivity index (χ0v) is 15.8. The highest BCUT2D eigenvalue weighted by atomic mass is 32.1. The van der Waals surface area contributed by atoms with Crippen molar-refractivity contribution >= 4 is 50.3 Å². The molecular formula is C21H15N3O3S. The molecule has 0 spiro atoms. The fraction of sp³-hybridized carbons (Fsp3) is 0.0952. The Hall–Kier alpha value is -3.45. The van der Waals surface area contributed by atoms with Crippen LogP contribution in [-0.4, -0.2) is 27.0 Å². The number of benzene rings is 2. The van der Waals surface area contributed by atoms with Crippen LogP contribution in [0.4, 0.5) is 0 Å². The van der Waals surface area contributed by atoms with Crippen molar-refractivity contribution in [3.05, 3.63) is 75.2 Å². The fourth-order valence-electron chi connectivity index (χ4n) is 3.48. The molecule has 2 aromatic carbocycles. The van der Waals surface area contributed by atoms with Gasteiger partial charge >= 0.3 is 5.97 Å². The molecule has 0 saturated carbocycles. The van der Waals surface area contributed by atoms with Gasteiger partial charge in [-0.25, -0.2) is 9.38 Å². The lowest BCUT2D eigenvalue weighted by molar-refractivity contribution is -0.141. The van der Waals surface area contributed by atoms with Crippen LogP contribution in [-0.2, 0) is 16.1 Å². The van der Waals surface area contributed by atoms with Gasteiger partial charge in [0.05, 0.1) is 22.7 Å². The molecule has 6 nitrogen and oxygen atoms in total. The molecule has 7 heteroatoms. The second kappa shape index (κ2) is 6.31. The van der Waals surface area contributed by atoms with Crippen molar-refractivity contribution < 1.29 is 9.53 Å². The Bertz CT molecular complexity index is 1480. The van der Waals surface area contributed by atoms with Gasteiger partial charge in [0.25, 0.3) is 5.56 Å². The average molecular weight is 389 g/mol. The van der Waals surface area contributed by atoms with Gasteiger partial charge in [-0.05, 0) is 24.3 Å². The quantitative estimate of drug-likeness (QED) is 0.445. The van der Waals surface area contributed by atoms with E-state index in [1.165, 1.54) is 18.4 Å². The minimum absolute atomic E-state index is 0.0847. The minimum atomic E-state index is -0.321. The Balaban J connectivity index is 1.73. The number of para-hydroxylation sites is 3. The highest BCUT2D eigenvalue weighted by Crippen LogP contribution is 2.22. The number of aromatic nitrogens is 3. The molecule has 0 bridgehead atoms. The number of imidazole rings is 1. The summed E-state index contributed by atoms with van der Waals surface area (Å²) in [5, 5.41) is 0.974. The predicted molar refractivity (Wildman–Crippen MR) is 110 cm³/mol. The number of carbonyl (C=O) groups excluding carboxylic acids is 1. The summed E-state index contributed by atoms with van der Waals surface area (Å²) in [7, 11) is 1.37. The van der Waals surface area contributed by atoms with E-state index >= 15 is 0 Å². The van der Waals surface area contributed by atoms with Crippen LogP contribution in [0.2, 0.25) is 0 Å². The highest BCUT2D eigenvalue weighted by Gasteiger charge is 2.13. The van der Waals surface area contributed by atoms with Crippen LogP contribution >= 0.6 is 11.3 Å². The lowest BCUT2D eigenvalue weighted by atomic mass is 10.2. The molecule has 0 aliphatic rings. The van der Waals surface area contributed by atoms with E-state index in [1.54, 1.807) is 4.40 Å². The molecule has 5 aromatic rings. The third-order valence-corrected chi connectivity index (χ3v) is 5.75. The second-order valence-corrected chi connectivity index (χ2v) is 7.45. The first-order valence-electron chi connectivity index (χ1n) is 8.72. The number of nitrogens with zero attached hydrogens (tertiary/aromatic N) is 3. The number of thiazole rings is 1. The third-order valence-electron chi connectivity index (χ3n) is 4.78. The SMILES string of the molecule is COC(=O)Cn1cc(C=c2sc3nc4ccccc4n3c2=O)c2ccccc21. The maximum atomic E-state index is 13.0. The van der Waals surface area contributed by atoms with Crippen molar-refractivity contribution in [2.75, 3.05) is 7.11 Å². The van der Waals surface area contributed by atoms with Gasteiger partial charge < -0.3 is 9.30 Å². The normalized spacial score (nSPS) is 12.4. The Kier molecular flexibility index (Phi) is 3.77. The van der Waals surface area contributed by atoms with Gasteiger partial charge in [-0.2, -0.15) is 0 Å². The molecule has 0 N–H and O–H groups in total. The number of methoxy groups -OCH3 is 1. The maximum absolute atomic E-state index is 13.0. The van der Waals surface area contributed by atoms with Crippen LogP contribution in [0.15, 0.2) is 59.5 Å². The Morgan fingerprint density at radius 1 is 1.14 bits per heavy atom. The van der Waals surface area contributed by atoms with Crippen molar-refractivity contribution in [1.29, 1.82) is 0 Å². The molecule has 0 atom stereocenters. The van der Waals surface area contributed by atoms with Crippen LogP contribution in [0.5, 0.6) is 0 Å². The van der Waals surface area contributed by atoms with Gasteiger partial charge in [-0.1, -0.05) is 41.7 Å². The topological polar surface area (TPSA) is 65.6 Å². The predicted octanol–water partition coefficient (Wildman–Crippen LogP) is 2.58. The van der Waals surface area contributed by atoms with Crippen LogP contribution in [0.25, 0.3) is 33.0 Å². The summed E-state index contributed by atoms with van der Waals surface area (Å²) in [4.78, 5) is 30.0. The Morgan fingerprint density at radius 2 is 1.89 bits per heavy atom. The smallest absolute Gasteiger partial charge is 0.325 e. The van der Waals surface area contributed by atoms with Gasteiger partial charge in [-0.3, -0.25) is 9.59 Å². The summed E-state index contributed by atoms with van der Waals surface area (Å²) >= 11 is 1.36. The summed E-state index contributed by atoms with van der Waals surface area (Å²) in [5.41, 5.74) is 3.33. The number of carbonyl (C=O) groups is 1. The molecule has 0 amide bonds. The molecule has 0 aliphatic carbocycles. The molecule has 28 heavy (non-hydrogen) atoms. The molecular weight excluding hydrogens is 374 g/mol. The molecule has 5 rings (SSSR count). The lowest BCUT2D eigenvalue weighted by Gasteiger charge is -2.02. The lowest BCUT2D eigenvalue weighted by Crippen LogP contribution is -2.22. The number of esters is 1. The minimum Gasteiger partial charge on any atom is -0.468 e. The molecule has 0 fully saturated rings. The van der Waals surface area contributed by atoms with Gasteiger partial charge in [0.1, 0.15) is 6.54 Å². The Labute approximate surface area is 162 Å². The molecule has 138 valence electrons. The zero-order chi connectivity index (χ0) is 19.3. The van der Waals surface area contributed by atoms with Crippen LogP contribution in [0.1, 0.15) is 5.56 Å². The Morgan fingerprint density at radius 3 is 2.71 bits per heavy atom. The van der Waals surface area contributed by atoms with Crippen LogP contribution < -0.4 is 10.1 Å². The number of hydrogen-bond acceptors (Lipinski definition) is 5. The van der Waals surface area contributed by atoms with E-state index < -0.39 is 0 Å². The van der Waals surface area contributed by atoms with Crippen molar-refractivity contribution in [3.8, 4) is 0 Å². The van der Waals surface area contributed by atoms with Crippen molar-refractivity contribution in [2.45, 2.75) is 6.54 Å². The van der Waals surface area contributed by atoms with Crippen LogP contribution in [0, 0.1) is 0 Å². The van der Waals surface area contributed by atoms with E-state index in [4.69, 9.17) is 4.74 Å². The molecule has 0 aliphatic heterocycles. The molecule has 3 aromatic heterocycles. The maximum Gasteiger partial charge on any atom is 0.325 e. The summed E-state index contributed by atoms with van der Waals surface area (Å²) in [5.74, 6) is -0.321. The first kappa shape index (κ1) is 16.7. The summed E-state index contributed by atoms with van der Waals surface area (Å²) in [6, 6.07) is 15.4. The van der Waals surface area contributed by atoms with Crippen LogP contribution in [0.3, 0.4) is 0 Å². The third kappa shape index (κ3) is 2.51. The van der Waals surface area contributed by atoms with Crippen molar-refractivity contribution in [1.82, 2.24) is 14.0 Å². The summed E-state index contributed by atoms with van der Waals surface area (Å²) in [6.45, 7) is 0.119. The summed E-state index contributed by atoms with van der Waals surface area (Å²) < 4.78 is 8.89. The molecule has 0 unspecified atom stereocenters. The van der Waals surface area contributed by atoms with Gasteiger partial charge in [0.15, 0.2) is 4.96 Å². The molecule has 0 saturated heterocycles. The average Bonchev–Trinajstić information content (AvgIpc) is 3.34. The van der Waals surface area contributed by atoms with E-state index in [-0.39, 0.29) is 18.1 Å². The number of rotatable bonds is 3. The van der Waals surface area contributed by atoms with Gasteiger partial charge in [0, 0.05) is 22.7 Å².